The fourth-order valence-corrected chi connectivity index (χ4v) is 9.89. The molecule has 3 aliphatic rings. The number of amides is 1. The molecule has 1 heterocycles. The standard InChI is InChI=1S/C52H59N3O12/c1-4-25-54(51(59)66-39-19-17-38(18-20-39)55(60)61)48-32-45(53-64-34-35-13-7-6-8-14-35)43-30-36(15-9-11-26-56)42(16-10-12-27-57)49-44-31-41(65-40-21-23-46(62-3)37(29-40)33-58)22-24-47(44)67-52(48,50(43)49)63-28-5-2/h5-8,13-14,17-24,29-31,33,36,42,48-50,56-57H,2,4,9-12,15-16,25-28,32,34H2,1,3H3. The predicted molar refractivity (Wildman–Crippen MR) is 251 cm³/mol. The molecule has 0 radical (unpaired) electrons. The SMILES string of the molecule is C=CCOC12Oc3ccc(Oc4ccc(OC)c(C=O)c4)cc3C3C(CCCCO)C(CCCCO)C=C(C(=NOCc4ccccc4)CC1N(CCC)C(=O)Oc1ccc([N+](=O)[O-])cc1)C32. The lowest BCUT2D eigenvalue weighted by molar-refractivity contribution is -0.384. The number of hydrogen-bond acceptors (Lipinski definition) is 13. The molecule has 0 saturated heterocycles. The highest BCUT2D eigenvalue weighted by atomic mass is 16.7. The van der Waals surface area contributed by atoms with Gasteiger partial charge in [0.1, 0.15) is 41.4 Å². The van der Waals surface area contributed by atoms with E-state index in [4.69, 9.17) is 33.7 Å². The lowest BCUT2D eigenvalue weighted by Crippen LogP contribution is -2.70. The Hall–Kier alpha value is -6.55. The second-order valence-corrected chi connectivity index (χ2v) is 17.0. The van der Waals surface area contributed by atoms with Gasteiger partial charge in [-0.2, -0.15) is 0 Å². The van der Waals surface area contributed by atoms with Gasteiger partial charge < -0.3 is 38.7 Å². The molecular weight excluding hydrogens is 859 g/mol. The number of nitro benzene ring substituents is 1. The molecule has 0 aromatic heterocycles. The Kier molecular flexibility index (Phi) is 16.4. The van der Waals surface area contributed by atoms with Gasteiger partial charge in [-0.05, 0) is 104 Å². The van der Waals surface area contributed by atoms with Crippen LogP contribution in [0.3, 0.4) is 0 Å². The molecule has 1 saturated carbocycles. The summed E-state index contributed by atoms with van der Waals surface area (Å²) < 4.78 is 32.2. The lowest BCUT2D eigenvalue weighted by Gasteiger charge is -2.59. The Morgan fingerprint density at radius 2 is 1.69 bits per heavy atom. The molecule has 1 fully saturated rings. The summed E-state index contributed by atoms with van der Waals surface area (Å²) in [4.78, 5) is 45.4. The fourth-order valence-electron chi connectivity index (χ4n) is 9.89. The number of hydrogen-bond donors (Lipinski definition) is 2. The average Bonchev–Trinajstić information content (AvgIpc) is 3.34. The van der Waals surface area contributed by atoms with Crippen LogP contribution in [0.5, 0.6) is 28.7 Å². The molecule has 15 nitrogen and oxygen atoms in total. The summed E-state index contributed by atoms with van der Waals surface area (Å²) in [7, 11) is 1.50. The highest BCUT2D eigenvalue weighted by Crippen LogP contribution is 2.62. The fraction of sp³-hybridized carbons (Fsp3) is 0.404. The molecule has 2 aliphatic carbocycles. The third-order valence-corrected chi connectivity index (χ3v) is 12.8. The smallest absolute Gasteiger partial charge is 0.415 e. The number of benzene rings is 4. The summed E-state index contributed by atoms with van der Waals surface area (Å²) in [6, 6.07) is 24.8. The van der Waals surface area contributed by atoms with E-state index in [0.717, 1.165) is 42.4 Å². The van der Waals surface area contributed by atoms with Crippen LogP contribution >= 0.6 is 0 Å². The molecule has 6 atom stereocenters. The number of nitrogens with zero attached hydrogens (tertiary/aromatic N) is 3. The normalized spacial score (nSPS) is 22.0. The molecule has 6 unspecified atom stereocenters. The van der Waals surface area contributed by atoms with E-state index in [-0.39, 0.29) is 68.6 Å². The monoisotopic (exact) mass is 917 g/mol. The summed E-state index contributed by atoms with van der Waals surface area (Å²) in [5.41, 5.74) is 3.42. The van der Waals surface area contributed by atoms with Crippen molar-refractivity contribution in [3.05, 3.63) is 142 Å². The molecule has 4 aromatic rings. The maximum atomic E-state index is 14.7. The quantitative estimate of drug-likeness (QED) is 0.0236. The molecule has 7 rings (SSSR count). The van der Waals surface area contributed by atoms with E-state index < -0.39 is 28.8 Å². The molecule has 354 valence electrons. The number of methoxy groups -OCH3 is 1. The van der Waals surface area contributed by atoms with E-state index in [1.165, 1.54) is 31.4 Å². The highest BCUT2D eigenvalue weighted by Gasteiger charge is 2.65. The minimum atomic E-state index is -1.55. The van der Waals surface area contributed by atoms with Gasteiger partial charge in [0.15, 0.2) is 6.29 Å². The molecule has 67 heavy (non-hydrogen) atoms. The maximum Gasteiger partial charge on any atom is 0.415 e. The van der Waals surface area contributed by atoms with Crippen molar-refractivity contribution in [2.75, 3.05) is 33.5 Å². The van der Waals surface area contributed by atoms with E-state index in [2.05, 4.69) is 12.7 Å². The minimum Gasteiger partial charge on any atom is -0.496 e. The number of unbranched alkanes of at least 4 members (excludes halogenated alkanes) is 2. The van der Waals surface area contributed by atoms with Gasteiger partial charge in [0.25, 0.3) is 5.69 Å². The number of ether oxygens (including phenoxy) is 5. The summed E-state index contributed by atoms with van der Waals surface area (Å²) in [6.45, 7) is 6.52. The Balaban J connectivity index is 1.42. The number of nitro groups is 1. The second kappa shape index (κ2) is 22.8. The Morgan fingerprint density at radius 3 is 2.37 bits per heavy atom. The molecule has 2 N–H and O–H groups in total. The number of non-ortho nitro benzene ring substituents is 1. The van der Waals surface area contributed by atoms with Crippen LogP contribution in [0, 0.1) is 27.9 Å². The van der Waals surface area contributed by atoms with Crippen LogP contribution in [0.1, 0.15) is 85.7 Å². The van der Waals surface area contributed by atoms with E-state index in [1.54, 1.807) is 35.2 Å². The Morgan fingerprint density at radius 1 is 0.970 bits per heavy atom. The van der Waals surface area contributed by atoms with Gasteiger partial charge in [-0.15, -0.1) is 6.58 Å². The van der Waals surface area contributed by atoms with Gasteiger partial charge in [-0.3, -0.25) is 19.8 Å². The molecule has 15 heteroatoms. The van der Waals surface area contributed by atoms with Gasteiger partial charge in [0.2, 0.25) is 5.79 Å². The van der Waals surface area contributed by atoms with Crippen LogP contribution in [-0.4, -0.2) is 83.4 Å². The van der Waals surface area contributed by atoms with Crippen molar-refractivity contribution in [2.24, 2.45) is 22.9 Å². The minimum absolute atomic E-state index is 0.0134. The molecular formula is C52H59N3O12. The zero-order chi connectivity index (χ0) is 47.3. The predicted octanol–water partition coefficient (Wildman–Crippen LogP) is 9.95. The van der Waals surface area contributed by atoms with Crippen LogP contribution in [0.2, 0.25) is 0 Å². The van der Waals surface area contributed by atoms with Crippen LogP contribution in [0.15, 0.2) is 120 Å². The number of carbonyl (C=O) groups is 2. The summed E-state index contributed by atoms with van der Waals surface area (Å²) in [5.74, 6) is -0.569. The van der Waals surface area contributed by atoms with Crippen molar-refractivity contribution in [2.45, 2.75) is 82.6 Å². The van der Waals surface area contributed by atoms with Gasteiger partial charge in [0, 0.05) is 49.8 Å². The number of rotatable bonds is 23. The molecule has 1 aliphatic heterocycles. The second-order valence-electron chi connectivity index (χ2n) is 17.0. The van der Waals surface area contributed by atoms with Crippen LogP contribution in [0.4, 0.5) is 10.5 Å². The van der Waals surface area contributed by atoms with Gasteiger partial charge in [-0.25, -0.2) is 4.79 Å². The molecule has 0 bridgehead atoms. The number of aliphatic hydroxyl groups excluding tert-OH is 2. The van der Waals surface area contributed by atoms with Crippen LogP contribution in [-0.2, 0) is 16.2 Å². The van der Waals surface area contributed by atoms with Gasteiger partial charge in [-0.1, -0.05) is 67.4 Å². The summed E-state index contributed by atoms with van der Waals surface area (Å²) in [6.07, 6.45) is 8.78. The average molecular weight is 918 g/mol. The first-order chi connectivity index (χ1) is 32.7. The third kappa shape index (κ3) is 10.9. The number of allylic oxidation sites excluding steroid dienone is 1. The lowest BCUT2D eigenvalue weighted by atomic mass is 9.55. The van der Waals surface area contributed by atoms with Crippen LogP contribution < -0.4 is 18.9 Å². The van der Waals surface area contributed by atoms with Gasteiger partial charge in [0.05, 0.1) is 35.8 Å². The number of aliphatic hydroxyl groups is 2. The van der Waals surface area contributed by atoms with Crippen molar-refractivity contribution in [1.82, 2.24) is 4.90 Å². The molecule has 0 spiro atoms. The number of aldehydes is 1. The van der Waals surface area contributed by atoms with Crippen molar-refractivity contribution in [1.29, 1.82) is 0 Å². The van der Waals surface area contributed by atoms with E-state index >= 15 is 0 Å². The van der Waals surface area contributed by atoms with Crippen molar-refractivity contribution < 1.29 is 53.2 Å². The summed E-state index contributed by atoms with van der Waals surface area (Å²) >= 11 is 0. The Labute approximate surface area is 390 Å². The zero-order valence-electron chi connectivity index (χ0n) is 38.0. The number of carbonyl (C=O) groups excluding carboxylic acids is 2. The Bertz CT molecular complexity index is 2410. The molecule has 1 amide bonds. The van der Waals surface area contributed by atoms with Crippen molar-refractivity contribution >= 4 is 23.8 Å². The first kappa shape index (κ1) is 48.4. The van der Waals surface area contributed by atoms with Crippen molar-refractivity contribution in [3.8, 4) is 28.7 Å². The molecule has 4 aromatic carbocycles. The van der Waals surface area contributed by atoms with E-state index in [9.17, 15) is 29.9 Å². The van der Waals surface area contributed by atoms with Crippen LogP contribution in [0.25, 0.3) is 0 Å². The topological polar surface area (TPSA) is 189 Å². The zero-order valence-corrected chi connectivity index (χ0v) is 38.0. The first-order valence-corrected chi connectivity index (χ1v) is 23.0. The first-order valence-electron chi connectivity index (χ1n) is 23.0. The van der Waals surface area contributed by atoms with Gasteiger partial charge >= 0.3 is 6.09 Å². The van der Waals surface area contributed by atoms with E-state index in [0.29, 0.717) is 59.8 Å². The highest BCUT2D eigenvalue weighted by molar-refractivity contribution is 6.03. The van der Waals surface area contributed by atoms with E-state index in [1.807, 2.05) is 49.4 Å². The third-order valence-electron chi connectivity index (χ3n) is 12.8. The number of fused-ring (bicyclic) bond motifs is 2. The largest absolute Gasteiger partial charge is 0.496 e. The maximum absolute atomic E-state index is 14.7. The summed E-state index contributed by atoms with van der Waals surface area (Å²) in [5, 5.41) is 36.3. The number of oxime groups is 1. The van der Waals surface area contributed by atoms with Crippen molar-refractivity contribution in [3.63, 3.8) is 0 Å².